The molecule has 1 aliphatic carbocycles. The van der Waals surface area contributed by atoms with Crippen molar-refractivity contribution in [3.8, 4) is 5.75 Å². The Morgan fingerprint density at radius 3 is 2.35 bits per heavy atom. The average Bonchev–Trinajstić information content (AvgIpc) is 3.21. The summed E-state index contributed by atoms with van der Waals surface area (Å²) >= 11 is 13.4. The number of hydrogen-bond acceptors (Lipinski definition) is 6. The molecule has 1 aromatic heterocycles. The van der Waals surface area contributed by atoms with E-state index in [1.165, 1.54) is 11.3 Å². The minimum absolute atomic E-state index is 0.265. The summed E-state index contributed by atoms with van der Waals surface area (Å²) < 4.78 is 11.0. The van der Waals surface area contributed by atoms with Crippen molar-refractivity contribution in [2.45, 2.75) is 45.6 Å². The van der Waals surface area contributed by atoms with Crippen molar-refractivity contribution in [2.24, 2.45) is 0 Å². The Kier molecular flexibility index (Phi) is 8.74. The number of hydrogen-bond donors (Lipinski definition) is 2. The molecule has 37 heavy (non-hydrogen) atoms. The van der Waals surface area contributed by atoms with Gasteiger partial charge in [-0.15, -0.1) is 11.3 Å². The van der Waals surface area contributed by atoms with Crippen LogP contribution in [0.5, 0.6) is 5.75 Å². The molecule has 0 fully saturated rings. The Hall–Kier alpha value is -3.07. The van der Waals surface area contributed by atoms with Gasteiger partial charge in [-0.25, -0.2) is 4.79 Å². The van der Waals surface area contributed by atoms with Crippen molar-refractivity contribution in [3.63, 3.8) is 0 Å². The van der Waals surface area contributed by atoms with E-state index in [4.69, 9.17) is 32.7 Å². The molecule has 0 saturated heterocycles. The molecular weight excluding hydrogens is 535 g/mol. The lowest BCUT2D eigenvalue weighted by Crippen LogP contribution is -2.30. The van der Waals surface area contributed by atoms with Crippen molar-refractivity contribution < 1.29 is 23.9 Å². The maximum absolute atomic E-state index is 13.0. The SMILES string of the molecule is CCOC(=O)c1c(NC(=O)c2ccc(O[C@@H](C)C(=O)Nc3cc(Cl)cc(Cl)c3)cc2)sc2c1CCCC2. The van der Waals surface area contributed by atoms with Gasteiger partial charge in [0.15, 0.2) is 6.10 Å². The van der Waals surface area contributed by atoms with E-state index in [0.717, 1.165) is 36.1 Å². The molecule has 3 aromatic rings. The summed E-state index contributed by atoms with van der Waals surface area (Å²) in [5.74, 6) is -0.719. The molecule has 0 unspecified atom stereocenters. The highest BCUT2D eigenvalue weighted by molar-refractivity contribution is 7.17. The highest BCUT2D eigenvalue weighted by Gasteiger charge is 2.27. The topological polar surface area (TPSA) is 93.7 Å². The zero-order valence-electron chi connectivity index (χ0n) is 20.4. The molecule has 1 atom stereocenters. The fraction of sp³-hybridized carbons (Fsp3) is 0.296. The van der Waals surface area contributed by atoms with Crippen molar-refractivity contribution in [1.82, 2.24) is 0 Å². The van der Waals surface area contributed by atoms with E-state index in [1.54, 1.807) is 56.3 Å². The highest BCUT2D eigenvalue weighted by Crippen LogP contribution is 2.39. The standard InChI is InChI=1S/C27H26Cl2N2O5S/c1-3-35-27(34)23-21-6-4-5-7-22(21)37-26(23)31-25(33)16-8-10-20(11-9-16)36-15(2)24(32)30-19-13-17(28)12-18(29)14-19/h8-15H,3-7H2,1-2H3,(H,30,32)(H,31,33)/t15-/m0/s1. The Morgan fingerprint density at radius 1 is 1.00 bits per heavy atom. The molecule has 0 radical (unpaired) electrons. The molecule has 2 aromatic carbocycles. The number of rotatable bonds is 8. The van der Waals surface area contributed by atoms with Crippen molar-refractivity contribution >= 4 is 63.0 Å². The van der Waals surface area contributed by atoms with Crippen LogP contribution in [0.3, 0.4) is 0 Å². The second-order valence-corrected chi connectivity index (χ2v) is 10.5. The summed E-state index contributed by atoms with van der Waals surface area (Å²) in [6.07, 6.45) is 2.95. The number of ether oxygens (including phenoxy) is 2. The number of esters is 1. The molecule has 1 heterocycles. The van der Waals surface area contributed by atoms with Crippen molar-refractivity contribution in [3.05, 3.63) is 74.1 Å². The summed E-state index contributed by atoms with van der Waals surface area (Å²) in [5.41, 5.74) is 2.30. The number of halogens is 2. The second kappa shape index (κ2) is 12.0. The van der Waals surface area contributed by atoms with E-state index >= 15 is 0 Å². The van der Waals surface area contributed by atoms with E-state index in [0.29, 0.717) is 37.6 Å². The number of carbonyl (C=O) groups is 3. The van der Waals surface area contributed by atoms with Crippen LogP contribution in [0, 0.1) is 0 Å². The van der Waals surface area contributed by atoms with Crippen molar-refractivity contribution in [2.75, 3.05) is 17.2 Å². The van der Waals surface area contributed by atoms with Gasteiger partial charge >= 0.3 is 5.97 Å². The Labute approximate surface area is 229 Å². The lowest BCUT2D eigenvalue weighted by atomic mass is 9.95. The average molecular weight is 561 g/mol. The third-order valence-corrected chi connectivity index (χ3v) is 7.45. The van der Waals surface area contributed by atoms with Gasteiger partial charge in [0.05, 0.1) is 12.2 Å². The van der Waals surface area contributed by atoms with Crippen LogP contribution in [-0.2, 0) is 22.4 Å². The van der Waals surface area contributed by atoms with Gasteiger partial charge in [0.2, 0.25) is 0 Å². The number of thiophene rings is 1. The molecule has 194 valence electrons. The predicted molar refractivity (Wildman–Crippen MR) is 146 cm³/mol. The minimum Gasteiger partial charge on any atom is -0.481 e. The molecule has 0 saturated carbocycles. The van der Waals surface area contributed by atoms with Gasteiger partial charge in [-0.3, -0.25) is 9.59 Å². The van der Waals surface area contributed by atoms with Crippen LogP contribution in [0.2, 0.25) is 10.0 Å². The van der Waals surface area contributed by atoms with Gasteiger partial charge in [-0.05, 0) is 87.6 Å². The van der Waals surface area contributed by atoms with Crippen LogP contribution in [0.1, 0.15) is 57.8 Å². The normalized spacial score (nSPS) is 13.3. The molecule has 2 amide bonds. The van der Waals surface area contributed by atoms with Crippen LogP contribution >= 0.6 is 34.5 Å². The Morgan fingerprint density at radius 2 is 1.68 bits per heavy atom. The number of benzene rings is 2. The highest BCUT2D eigenvalue weighted by atomic mass is 35.5. The van der Waals surface area contributed by atoms with Crippen molar-refractivity contribution in [1.29, 1.82) is 0 Å². The lowest BCUT2D eigenvalue weighted by molar-refractivity contribution is -0.122. The third-order valence-electron chi connectivity index (χ3n) is 5.81. The fourth-order valence-corrected chi connectivity index (χ4v) is 5.86. The first kappa shape index (κ1) is 27.0. The molecule has 0 aliphatic heterocycles. The summed E-state index contributed by atoms with van der Waals surface area (Å²) in [6, 6.07) is 11.2. The summed E-state index contributed by atoms with van der Waals surface area (Å²) in [7, 11) is 0. The second-order valence-electron chi connectivity index (χ2n) is 8.52. The van der Waals surface area contributed by atoms with E-state index < -0.39 is 12.1 Å². The molecule has 1 aliphatic rings. The smallest absolute Gasteiger partial charge is 0.341 e. The van der Waals surface area contributed by atoms with Gasteiger partial charge < -0.3 is 20.1 Å². The molecule has 0 spiro atoms. The first-order chi connectivity index (χ1) is 17.7. The number of nitrogens with one attached hydrogen (secondary N) is 2. The van der Waals surface area contributed by atoms with Crippen LogP contribution in [-0.4, -0.2) is 30.5 Å². The van der Waals surface area contributed by atoms with Crippen LogP contribution in [0.15, 0.2) is 42.5 Å². The molecule has 10 heteroatoms. The van der Waals surface area contributed by atoms with E-state index in [2.05, 4.69) is 10.6 Å². The van der Waals surface area contributed by atoms with Gasteiger partial charge in [0, 0.05) is 26.2 Å². The summed E-state index contributed by atoms with van der Waals surface area (Å²) in [6.45, 7) is 3.63. The number of carbonyl (C=O) groups excluding carboxylic acids is 3. The number of anilines is 2. The summed E-state index contributed by atoms with van der Waals surface area (Å²) in [4.78, 5) is 39.3. The van der Waals surface area contributed by atoms with Crippen LogP contribution < -0.4 is 15.4 Å². The molecule has 7 nitrogen and oxygen atoms in total. The quantitative estimate of drug-likeness (QED) is 0.296. The minimum atomic E-state index is -0.818. The lowest BCUT2D eigenvalue weighted by Gasteiger charge is -2.15. The number of fused-ring (bicyclic) bond motifs is 1. The summed E-state index contributed by atoms with van der Waals surface area (Å²) in [5, 5.41) is 6.93. The zero-order chi connectivity index (χ0) is 26.5. The van der Waals surface area contributed by atoms with E-state index in [-0.39, 0.29) is 18.4 Å². The predicted octanol–water partition coefficient (Wildman–Crippen LogP) is 6.77. The van der Waals surface area contributed by atoms with Gasteiger partial charge in [0.25, 0.3) is 11.8 Å². The molecule has 0 bridgehead atoms. The Balaban J connectivity index is 1.41. The molecular formula is C27H26Cl2N2O5S. The van der Waals surface area contributed by atoms with Crippen LogP contribution in [0.25, 0.3) is 0 Å². The van der Waals surface area contributed by atoms with Gasteiger partial charge in [-0.2, -0.15) is 0 Å². The van der Waals surface area contributed by atoms with Gasteiger partial charge in [0.1, 0.15) is 10.8 Å². The number of aryl methyl sites for hydroxylation is 1. The zero-order valence-corrected chi connectivity index (χ0v) is 22.7. The first-order valence-electron chi connectivity index (χ1n) is 11.9. The number of amides is 2. The third kappa shape index (κ3) is 6.63. The molecule has 2 N–H and O–H groups in total. The fourth-order valence-electron chi connectivity index (χ4n) is 4.06. The largest absolute Gasteiger partial charge is 0.481 e. The monoisotopic (exact) mass is 560 g/mol. The van der Waals surface area contributed by atoms with E-state index in [1.807, 2.05) is 0 Å². The van der Waals surface area contributed by atoms with E-state index in [9.17, 15) is 14.4 Å². The maximum atomic E-state index is 13.0. The molecule has 4 rings (SSSR count). The van der Waals surface area contributed by atoms with Crippen LogP contribution in [0.4, 0.5) is 10.7 Å². The van der Waals surface area contributed by atoms with Gasteiger partial charge in [-0.1, -0.05) is 23.2 Å². The first-order valence-corrected chi connectivity index (χ1v) is 13.5. The Bertz CT molecular complexity index is 1300. The maximum Gasteiger partial charge on any atom is 0.341 e.